The van der Waals surface area contributed by atoms with Crippen molar-refractivity contribution >= 4 is 0 Å². The smallest absolute Gasteiger partial charge is 0.0180 e. The van der Waals surface area contributed by atoms with Gasteiger partial charge in [-0.15, -0.1) is 0 Å². The van der Waals surface area contributed by atoms with Crippen molar-refractivity contribution in [3.05, 3.63) is 35.4 Å². The van der Waals surface area contributed by atoms with Crippen LogP contribution in [0, 0.1) is 0 Å². The van der Waals surface area contributed by atoms with Crippen molar-refractivity contribution in [3.8, 4) is 0 Å². The summed E-state index contributed by atoms with van der Waals surface area (Å²) in [6, 6.07) is 8.45. The minimum absolute atomic E-state index is 0.636. The van der Waals surface area contributed by atoms with E-state index in [4.69, 9.17) is 5.73 Å². The van der Waals surface area contributed by atoms with E-state index in [0.717, 1.165) is 26.1 Å². The average Bonchev–Trinajstić information content (AvgIpc) is 2.34. The van der Waals surface area contributed by atoms with Gasteiger partial charge in [-0.25, -0.2) is 0 Å². The molecule has 0 bridgehead atoms. The van der Waals surface area contributed by atoms with Crippen LogP contribution in [-0.2, 0) is 13.0 Å². The monoisotopic (exact) mass is 235 g/mol. The summed E-state index contributed by atoms with van der Waals surface area (Å²) in [4.78, 5) is 4.58. The summed E-state index contributed by atoms with van der Waals surface area (Å²) >= 11 is 0. The SMILES string of the molecule is CN(C)CCN(C)CCc1ccccc1CN. The highest BCUT2D eigenvalue weighted by molar-refractivity contribution is 5.27. The predicted molar refractivity (Wildman–Crippen MR) is 74.1 cm³/mol. The summed E-state index contributed by atoms with van der Waals surface area (Å²) in [7, 11) is 6.39. The quantitative estimate of drug-likeness (QED) is 0.770. The van der Waals surface area contributed by atoms with Gasteiger partial charge in [0.2, 0.25) is 0 Å². The summed E-state index contributed by atoms with van der Waals surface area (Å²) in [5.41, 5.74) is 8.39. The van der Waals surface area contributed by atoms with Crippen LogP contribution < -0.4 is 5.73 Å². The van der Waals surface area contributed by atoms with Gasteiger partial charge in [-0.2, -0.15) is 0 Å². The number of hydrogen-bond acceptors (Lipinski definition) is 3. The molecule has 0 fully saturated rings. The molecule has 2 N–H and O–H groups in total. The van der Waals surface area contributed by atoms with Crippen molar-refractivity contribution in [2.75, 3.05) is 40.8 Å². The van der Waals surface area contributed by atoms with Gasteiger partial charge in [0.25, 0.3) is 0 Å². The minimum atomic E-state index is 0.636. The third-order valence-electron chi connectivity index (χ3n) is 3.03. The Bertz CT molecular complexity index is 323. The summed E-state index contributed by atoms with van der Waals surface area (Å²) < 4.78 is 0. The maximum absolute atomic E-state index is 5.74. The van der Waals surface area contributed by atoms with Crippen LogP contribution >= 0.6 is 0 Å². The molecule has 0 aliphatic heterocycles. The molecule has 3 nitrogen and oxygen atoms in total. The third kappa shape index (κ3) is 5.31. The first-order valence-electron chi connectivity index (χ1n) is 6.23. The first-order chi connectivity index (χ1) is 8.13. The van der Waals surface area contributed by atoms with Crippen molar-refractivity contribution in [1.82, 2.24) is 9.80 Å². The first kappa shape index (κ1) is 14.2. The normalized spacial score (nSPS) is 11.4. The van der Waals surface area contributed by atoms with Crippen molar-refractivity contribution < 1.29 is 0 Å². The summed E-state index contributed by atoms with van der Waals surface area (Å²) in [5, 5.41) is 0. The Balaban J connectivity index is 2.39. The molecule has 0 heterocycles. The first-order valence-corrected chi connectivity index (χ1v) is 6.23. The highest BCUT2D eigenvalue weighted by Gasteiger charge is 2.03. The number of likely N-dealkylation sites (N-methyl/N-ethyl adjacent to an activating group) is 2. The van der Waals surface area contributed by atoms with Crippen LogP contribution in [0.2, 0.25) is 0 Å². The van der Waals surface area contributed by atoms with Crippen molar-refractivity contribution in [1.29, 1.82) is 0 Å². The molecule has 0 aliphatic rings. The Morgan fingerprint density at radius 1 is 0.941 bits per heavy atom. The number of hydrogen-bond donors (Lipinski definition) is 1. The molecular formula is C14H25N3. The topological polar surface area (TPSA) is 32.5 Å². The van der Waals surface area contributed by atoms with Gasteiger partial charge in [0.1, 0.15) is 0 Å². The molecule has 0 amide bonds. The lowest BCUT2D eigenvalue weighted by Gasteiger charge is -2.19. The zero-order valence-electron chi connectivity index (χ0n) is 11.3. The van der Waals surface area contributed by atoms with Gasteiger partial charge < -0.3 is 15.5 Å². The molecule has 1 aromatic carbocycles. The van der Waals surface area contributed by atoms with Crippen molar-refractivity contribution in [3.63, 3.8) is 0 Å². The van der Waals surface area contributed by atoms with Crippen LogP contribution in [0.5, 0.6) is 0 Å². The van der Waals surface area contributed by atoms with Gasteiger partial charge in [0, 0.05) is 26.2 Å². The van der Waals surface area contributed by atoms with E-state index < -0.39 is 0 Å². The van der Waals surface area contributed by atoms with Gasteiger partial charge in [-0.1, -0.05) is 24.3 Å². The van der Waals surface area contributed by atoms with E-state index in [9.17, 15) is 0 Å². The van der Waals surface area contributed by atoms with Crippen LogP contribution in [0.15, 0.2) is 24.3 Å². The molecule has 1 aromatic rings. The van der Waals surface area contributed by atoms with E-state index in [0.29, 0.717) is 6.54 Å². The number of rotatable bonds is 7. The summed E-state index contributed by atoms with van der Waals surface area (Å²) in [6.07, 6.45) is 1.08. The fourth-order valence-electron chi connectivity index (χ4n) is 1.79. The number of nitrogens with two attached hydrogens (primary N) is 1. The van der Waals surface area contributed by atoms with E-state index >= 15 is 0 Å². The molecule has 0 saturated carbocycles. The molecule has 17 heavy (non-hydrogen) atoms. The predicted octanol–water partition coefficient (Wildman–Crippen LogP) is 1.18. The molecule has 96 valence electrons. The molecule has 0 aromatic heterocycles. The van der Waals surface area contributed by atoms with Crippen molar-refractivity contribution in [2.24, 2.45) is 5.73 Å². The van der Waals surface area contributed by atoms with Crippen LogP contribution in [0.3, 0.4) is 0 Å². The maximum Gasteiger partial charge on any atom is 0.0180 e. The van der Waals surface area contributed by atoms with Gasteiger partial charge in [0.15, 0.2) is 0 Å². The molecule has 1 rings (SSSR count). The zero-order valence-corrected chi connectivity index (χ0v) is 11.3. The Hall–Kier alpha value is -0.900. The molecule has 0 saturated heterocycles. The Morgan fingerprint density at radius 3 is 2.18 bits per heavy atom. The van der Waals surface area contributed by atoms with Gasteiger partial charge in [-0.3, -0.25) is 0 Å². The molecule has 0 atom stereocenters. The van der Waals surface area contributed by atoms with E-state index in [-0.39, 0.29) is 0 Å². The van der Waals surface area contributed by atoms with E-state index in [1.54, 1.807) is 0 Å². The van der Waals surface area contributed by atoms with E-state index in [1.165, 1.54) is 11.1 Å². The fourth-order valence-corrected chi connectivity index (χ4v) is 1.79. The molecule has 0 aliphatic carbocycles. The maximum atomic E-state index is 5.74. The Labute approximate surface area is 105 Å². The summed E-state index contributed by atoms with van der Waals surface area (Å²) in [6.45, 7) is 3.94. The molecule has 0 radical (unpaired) electrons. The highest BCUT2D eigenvalue weighted by atomic mass is 15.1. The lowest BCUT2D eigenvalue weighted by molar-refractivity contribution is 0.284. The molecular weight excluding hydrogens is 210 g/mol. The van der Waals surface area contributed by atoms with E-state index in [1.807, 2.05) is 0 Å². The standard InChI is InChI=1S/C14H25N3/c1-16(2)10-11-17(3)9-8-13-6-4-5-7-14(13)12-15/h4-7H,8-12,15H2,1-3H3. The second-order valence-electron chi connectivity index (χ2n) is 4.83. The van der Waals surface area contributed by atoms with Gasteiger partial charge in [0.05, 0.1) is 0 Å². The van der Waals surface area contributed by atoms with Crippen LogP contribution in [-0.4, -0.2) is 50.6 Å². The molecule has 0 spiro atoms. The summed E-state index contributed by atoms with van der Waals surface area (Å²) in [5.74, 6) is 0. The minimum Gasteiger partial charge on any atom is -0.326 e. The third-order valence-corrected chi connectivity index (χ3v) is 3.03. The second-order valence-corrected chi connectivity index (χ2v) is 4.83. The van der Waals surface area contributed by atoms with Crippen LogP contribution in [0.1, 0.15) is 11.1 Å². The van der Waals surface area contributed by atoms with E-state index in [2.05, 4.69) is 55.2 Å². The highest BCUT2D eigenvalue weighted by Crippen LogP contribution is 2.08. The second kappa shape index (κ2) is 7.43. The Kier molecular flexibility index (Phi) is 6.19. The molecule has 0 unspecified atom stereocenters. The number of nitrogens with zero attached hydrogens (tertiary/aromatic N) is 2. The number of benzene rings is 1. The Morgan fingerprint density at radius 2 is 1.59 bits per heavy atom. The van der Waals surface area contributed by atoms with Crippen molar-refractivity contribution in [2.45, 2.75) is 13.0 Å². The lowest BCUT2D eigenvalue weighted by atomic mass is 10.0. The average molecular weight is 235 g/mol. The zero-order chi connectivity index (χ0) is 12.7. The van der Waals surface area contributed by atoms with Crippen LogP contribution in [0.4, 0.5) is 0 Å². The van der Waals surface area contributed by atoms with Crippen LogP contribution in [0.25, 0.3) is 0 Å². The van der Waals surface area contributed by atoms with Gasteiger partial charge in [-0.05, 0) is 38.7 Å². The lowest BCUT2D eigenvalue weighted by Crippen LogP contribution is -2.30. The largest absolute Gasteiger partial charge is 0.326 e. The molecule has 3 heteroatoms. The van der Waals surface area contributed by atoms with Gasteiger partial charge >= 0.3 is 0 Å². The fraction of sp³-hybridized carbons (Fsp3) is 0.571.